The fraction of sp³-hybridized carbons (Fsp3) is 0.647. The first-order chi connectivity index (χ1) is 10.7. The Labute approximate surface area is 137 Å². The smallest absolute Gasteiger partial charge is 0.408 e. The minimum Gasteiger partial charge on any atom is -0.480 e. The first-order valence-corrected chi connectivity index (χ1v) is 7.47. The van der Waals surface area contributed by atoms with Crippen LogP contribution >= 0.6 is 0 Å². The maximum atomic E-state index is 11.7. The summed E-state index contributed by atoms with van der Waals surface area (Å²) in [6, 6.07) is -1.22. The van der Waals surface area contributed by atoms with E-state index in [2.05, 4.69) is 29.0 Å². The van der Waals surface area contributed by atoms with Crippen LogP contribution in [0.3, 0.4) is 0 Å². The van der Waals surface area contributed by atoms with Crippen LogP contribution in [0.1, 0.15) is 47.5 Å². The molecule has 0 bridgehead atoms. The Morgan fingerprint density at radius 2 is 1.83 bits per heavy atom. The predicted octanol–water partition coefficient (Wildman–Crippen LogP) is 2.18. The predicted molar refractivity (Wildman–Crippen MR) is 86.7 cm³/mol. The topological polar surface area (TPSA) is 84.9 Å². The number of ether oxygens (including phenoxy) is 2. The van der Waals surface area contributed by atoms with E-state index >= 15 is 0 Å². The Kier molecular flexibility index (Phi) is 9.53. The molecule has 0 aromatic rings. The molecule has 0 radical (unpaired) electrons. The number of hydrogen-bond acceptors (Lipinski definition) is 4. The standard InChI is InChI=1S/C17H25NO5/c1-6-7-8-9-10-11-12-22-13(2)14(15(19)20)18-16(21)23-17(3,4)5/h13-14H,6-7,12H2,1-5H3,(H,18,21)(H,19,20)/t13-,14+/m1/s1. The summed E-state index contributed by atoms with van der Waals surface area (Å²) in [6.45, 7) is 8.67. The zero-order valence-corrected chi connectivity index (χ0v) is 14.4. The summed E-state index contributed by atoms with van der Waals surface area (Å²) in [5.74, 6) is 9.63. The summed E-state index contributed by atoms with van der Waals surface area (Å²) >= 11 is 0. The lowest BCUT2D eigenvalue weighted by Gasteiger charge is -2.24. The van der Waals surface area contributed by atoms with Gasteiger partial charge in [0.15, 0.2) is 6.04 Å². The molecule has 0 aliphatic rings. The van der Waals surface area contributed by atoms with Crippen molar-refractivity contribution < 1.29 is 24.2 Å². The number of alkyl carbamates (subject to hydrolysis) is 1. The van der Waals surface area contributed by atoms with Crippen molar-refractivity contribution in [1.29, 1.82) is 0 Å². The number of amides is 1. The van der Waals surface area contributed by atoms with Crippen LogP contribution in [0.25, 0.3) is 0 Å². The number of nitrogens with one attached hydrogen (secondary N) is 1. The molecule has 0 rings (SSSR count). The minimum atomic E-state index is -1.22. The van der Waals surface area contributed by atoms with Crippen molar-refractivity contribution in [2.75, 3.05) is 6.61 Å². The highest BCUT2D eigenvalue weighted by Gasteiger charge is 2.29. The fourth-order valence-corrected chi connectivity index (χ4v) is 1.40. The second-order valence-corrected chi connectivity index (χ2v) is 5.83. The van der Waals surface area contributed by atoms with Crippen LogP contribution in [-0.2, 0) is 14.3 Å². The zero-order valence-electron chi connectivity index (χ0n) is 14.4. The second-order valence-electron chi connectivity index (χ2n) is 5.83. The third kappa shape index (κ3) is 11.1. The van der Waals surface area contributed by atoms with E-state index in [1.54, 1.807) is 27.7 Å². The van der Waals surface area contributed by atoms with Gasteiger partial charge in [-0.2, -0.15) is 0 Å². The van der Waals surface area contributed by atoms with Gasteiger partial charge in [-0.3, -0.25) is 0 Å². The van der Waals surface area contributed by atoms with E-state index < -0.39 is 29.8 Å². The number of carboxylic acids is 1. The van der Waals surface area contributed by atoms with E-state index in [1.165, 1.54) is 0 Å². The monoisotopic (exact) mass is 323 g/mol. The largest absolute Gasteiger partial charge is 0.480 e. The lowest BCUT2D eigenvalue weighted by molar-refractivity contribution is -0.143. The van der Waals surface area contributed by atoms with Gasteiger partial charge in [0.25, 0.3) is 0 Å². The highest BCUT2D eigenvalue weighted by Crippen LogP contribution is 2.08. The zero-order chi connectivity index (χ0) is 17.9. The second kappa shape index (κ2) is 10.5. The Balaban J connectivity index is 4.47. The van der Waals surface area contributed by atoms with Gasteiger partial charge in [0.1, 0.15) is 12.2 Å². The Morgan fingerprint density at radius 1 is 1.22 bits per heavy atom. The van der Waals surface area contributed by atoms with Crippen LogP contribution in [0, 0.1) is 23.7 Å². The molecule has 0 spiro atoms. The van der Waals surface area contributed by atoms with Crippen molar-refractivity contribution in [3.05, 3.63) is 0 Å². The van der Waals surface area contributed by atoms with Gasteiger partial charge in [-0.1, -0.05) is 18.8 Å². The molecule has 6 nitrogen and oxygen atoms in total. The van der Waals surface area contributed by atoms with Crippen molar-refractivity contribution in [2.45, 2.75) is 65.2 Å². The third-order valence-electron chi connectivity index (χ3n) is 2.44. The summed E-state index contributed by atoms with van der Waals surface area (Å²) in [6.07, 6.45) is 0.181. The van der Waals surface area contributed by atoms with Gasteiger partial charge >= 0.3 is 12.1 Å². The highest BCUT2D eigenvalue weighted by molar-refractivity contribution is 5.80. The number of hydrogen-bond donors (Lipinski definition) is 2. The van der Waals surface area contributed by atoms with E-state index in [0.29, 0.717) is 0 Å². The van der Waals surface area contributed by atoms with Crippen LogP contribution < -0.4 is 5.32 Å². The summed E-state index contributed by atoms with van der Waals surface area (Å²) in [5, 5.41) is 11.5. The lowest BCUT2D eigenvalue weighted by atomic mass is 10.2. The van der Waals surface area contributed by atoms with Crippen molar-refractivity contribution in [3.63, 3.8) is 0 Å². The van der Waals surface area contributed by atoms with Crippen molar-refractivity contribution >= 4 is 12.1 Å². The maximum absolute atomic E-state index is 11.7. The number of aliphatic carboxylic acids is 1. The summed E-state index contributed by atoms with van der Waals surface area (Å²) in [5.41, 5.74) is -0.708. The molecule has 2 N–H and O–H groups in total. The normalized spacial score (nSPS) is 12.7. The van der Waals surface area contributed by atoms with Crippen LogP contribution in [0.5, 0.6) is 0 Å². The van der Waals surface area contributed by atoms with Crippen molar-refractivity contribution in [1.82, 2.24) is 5.32 Å². The Bertz CT molecular complexity index is 513. The van der Waals surface area contributed by atoms with Crippen LogP contribution in [0.2, 0.25) is 0 Å². The van der Waals surface area contributed by atoms with Gasteiger partial charge in [0, 0.05) is 6.42 Å². The fourth-order valence-electron chi connectivity index (χ4n) is 1.40. The first-order valence-electron chi connectivity index (χ1n) is 7.47. The molecule has 128 valence electrons. The van der Waals surface area contributed by atoms with Crippen molar-refractivity contribution in [3.8, 4) is 23.7 Å². The molecule has 23 heavy (non-hydrogen) atoms. The number of carbonyl (C=O) groups excluding carboxylic acids is 1. The molecule has 0 aromatic heterocycles. The van der Waals surface area contributed by atoms with Gasteiger partial charge in [0.05, 0.1) is 6.10 Å². The molecule has 0 saturated heterocycles. The summed E-state index contributed by atoms with van der Waals surface area (Å²) < 4.78 is 10.3. The lowest BCUT2D eigenvalue weighted by Crippen LogP contribution is -2.50. The molecule has 0 fully saturated rings. The van der Waals surface area contributed by atoms with Crippen LogP contribution in [0.4, 0.5) is 4.79 Å². The van der Waals surface area contributed by atoms with Crippen molar-refractivity contribution in [2.24, 2.45) is 0 Å². The molecule has 0 saturated carbocycles. The molecule has 1 amide bonds. The van der Waals surface area contributed by atoms with Gasteiger partial charge < -0.3 is 19.9 Å². The SMILES string of the molecule is CCCC#CC#CCO[C@H](C)[C@H](NC(=O)OC(C)(C)C)C(=O)O. The minimum absolute atomic E-state index is 0.0295. The molecule has 0 heterocycles. The molecule has 0 unspecified atom stereocenters. The molecular weight excluding hydrogens is 298 g/mol. The van der Waals surface area contributed by atoms with Gasteiger partial charge in [0.2, 0.25) is 0 Å². The first kappa shape index (κ1) is 20.8. The van der Waals surface area contributed by atoms with Crippen LogP contribution in [-0.4, -0.2) is 41.5 Å². The molecule has 0 aliphatic heterocycles. The number of carboxylic acid groups (broad SMARTS) is 1. The molecular formula is C17H25NO5. The van der Waals surface area contributed by atoms with E-state index in [9.17, 15) is 14.7 Å². The third-order valence-corrected chi connectivity index (χ3v) is 2.44. The van der Waals surface area contributed by atoms with E-state index in [-0.39, 0.29) is 6.61 Å². The van der Waals surface area contributed by atoms with E-state index in [4.69, 9.17) is 9.47 Å². The summed E-state index contributed by atoms with van der Waals surface area (Å²) in [4.78, 5) is 22.9. The molecule has 2 atom stereocenters. The van der Waals surface area contributed by atoms with Crippen LogP contribution in [0.15, 0.2) is 0 Å². The van der Waals surface area contributed by atoms with Gasteiger partial charge in [-0.25, -0.2) is 9.59 Å². The molecule has 6 heteroatoms. The van der Waals surface area contributed by atoms with Gasteiger partial charge in [-0.05, 0) is 46.0 Å². The average molecular weight is 323 g/mol. The Morgan fingerprint density at radius 3 is 2.35 bits per heavy atom. The summed E-state index contributed by atoms with van der Waals surface area (Å²) in [7, 11) is 0. The molecule has 0 aromatic carbocycles. The molecule has 0 aliphatic carbocycles. The maximum Gasteiger partial charge on any atom is 0.408 e. The van der Waals surface area contributed by atoms with Gasteiger partial charge in [-0.15, -0.1) is 0 Å². The quantitative estimate of drug-likeness (QED) is 0.732. The number of unbranched alkanes of at least 4 members (excludes halogenated alkanes) is 1. The number of carbonyl (C=O) groups is 2. The average Bonchev–Trinajstić information content (AvgIpc) is 2.41. The highest BCUT2D eigenvalue weighted by atomic mass is 16.6. The van der Waals surface area contributed by atoms with E-state index in [1.807, 2.05) is 6.92 Å². The van der Waals surface area contributed by atoms with E-state index in [0.717, 1.165) is 12.8 Å². The number of rotatable bonds is 6. The Hall–Kier alpha value is -2.18.